The second-order valence-electron chi connectivity index (χ2n) is 7.13. The van der Waals surface area contributed by atoms with E-state index in [4.69, 9.17) is 4.74 Å². The molecule has 2 rings (SSSR count). The topological polar surface area (TPSA) is 32.8 Å². The summed E-state index contributed by atoms with van der Waals surface area (Å²) in [5, 5.41) is 0. The lowest BCUT2D eigenvalue weighted by Crippen LogP contribution is -2.46. The van der Waals surface area contributed by atoms with Gasteiger partial charge in [-0.25, -0.2) is 0 Å². The molecule has 0 aromatic heterocycles. The summed E-state index contributed by atoms with van der Waals surface area (Å²) in [6, 6.07) is 8.09. The molecule has 0 spiro atoms. The van der Waals surface area contributed by atoms with Crippen LogP contribution in [-0.4, -0.2) is 62.1 Å². The first kappa shape index (κ1) is 18.0. The second kappa shape index (κ2) is 8.46. The van der Waals surface area contributed by atoms with Crippen LogP contribution in [0.4, 0.5) is 0 Å². The zero-order valence-electron chi connectivity index (χ0n) is 14.9. The van der Waals surface area contributed by atoms with Crippen molar-refractivity contribution in [3.05, 3.63) is 35.4 Å². The average molecular weight is 318 g/mol. The number of hydrogen-bond acceptors (Lipinski definition) is 3. The fourth-order valence-electron chi connectivity index (χ4n) is 2.92. The van der Waals surface area contributed by atoms with Crippen molar-refractivity contribution in [3.63, 3.8) is 0 Å². The molecule has 0 saturated carbocycles. The number of carbonyl (C=O) groups excluding carboxylic acids is 1. The van der Waals surface area contributed by atoms with Crippen molar-refractivity contribution in [2.24, 2.45) is 5.92 Å². The first-order valence-corrected chi connectivity index (χ1v) is 8.60. The van der Waals surface area contributed by atoms with Gasteiger partial charge in [0.2, 0.25) is 0 Å². The van der Waals surface area contributed by atoms with E-state index in [9.17, 15) is 4.79 Å². The number of hydrogen-bond donors (Lipinski definition) is 0. The van der Waals surface area contributed by atoms with Gasteiger partial charge in [-0.15, -0.1) is 0 Å². The third-order valence-electron chi connectivity index (χ3n) is 4.17. The molecule has 1 aromatic carbocycles. The molecule has 4 nitrogen and oxygen atoms in total. The third kappa shape index (κ3) is 5.63. The van der Waals surface area contributed by atoms with E-state index in [2.05, 4.69) is 45.0 Å². The summed E-state index contributed by atoms with van der Waals surface area (Å²) < 4.78 is 5.79. The lowest BCUT2D eigenvalue weighted by Gasteiger charge is -2.33. The van der Waals surface area contributed by atoms with E-state index in [1.54, 1.807) is 0 Å². The highest BCUT2D eigenvalue weighted by molar-refractivity contribution is 5.94. The van der Waals surface area contributed by atoms with Crippen LogP contribution >= 0.6 is 0 Å². The maximum atomic E-state index is 12.7. The number of rotatable bonds is 6. The summed E-state index contributed by atoms with van der Waals surface area (Å²) >= 11 is 0. The van der Waals surface area contributed by atoms with Gasteiger partial charge in [0.1, 0.15) is 0 Å². The van der Waals surface area contributed by atoms with Crippen molar-refractivity contribution in [1.29, 1.82) is 0 Å². The minimum atomic E-state index is 0.124. The highest BCUT2D eigenvalue weighted by Gasteiger charge is 2.24. The van der Waals surface area contributed by atoms with E-state index in [0.29, 0.717) is 25.6 Å². The monoisotopic (exact) mass is 318 g/mol. The molecule has 1 fully saturated rings. The average Bonchev–Trinajstić information content (AvgIpc) is 2.53. The van der Waals surface area contributed by atoms with Gasteiger partial charge in [-0.2, -0.15) is 0 Å². The van der Waals surface area contributed by atoms with Crippen molar-refractivity contribution in [2.45, 2.75) is 32.8 Å². The molecule has 0 aliphatic carbocycles. The minimum Gasteiger partial charge on any atom is -0.374 e. The molecule has 0 radical (unpaired) electrons. The van der Waals surface area contributed by atoms with Crippen molar-refractivity contribution in [2.75, 3.05) is 40.3 Å². The summed E-state index contributed by atoms with van der Waals surface area (Å²) in [6.45, 7) is 7.42. The normalized spacial score (nSPS) is 18.7. The minimum absolute atomic E-state index is 0.124. The molecule has 1 amide bonds. The Bertz CT molecular complexity index is 497. The lowest BCUT2D eigenvalue weighted by atomic mass is 10.0. The van der Waals surface area contributed by atoms with E-state index in [0.717, 1.165) is 24.9 Å². The van der Waals surface area contributed by atoms with Gasteiger partial charge in [0.25, 0.3) is 5.91 Å². The number of amides is 1. The number of benzene rings is 1. The van der Waals surface area contributed by atoms with Gasteiger partial charge in [-0.3, -0.25) is 4.79 Å². The third-order valence-corrected chi connectivity index (χ3v) is 4.17. The Balaban J connectivity index is 1.93. The van der Waals surface area contributed by atoms with Crippen LogP contribution in [0.15, 0.2) is 24.3 Å². The summed E-state index contributed by atoms with van der Waals surface area (Å²) in [4.78, 5) is 16.8. The Morgan fingerprint density at radius 1 is 1.30 bits per heavy atom. The number of ether oxygens (including phenoxy) is 1. The van der Waals surface area contributed by atoms with Crippen LogP contribution in [0.2, 0.25) is 0 Å². The van der Waals surface area contributed by atoms with Gasteiger partial charge < -0.3 is 14.5 Å². The predicted octanol–water partition coefficient (Wildman–Crippen LogP) is 2.68. The number of morpholine rings is 1. The highest BCUT2D eigenvalue weighted by Crippen LogP contribution is 2.15. The largest absolute Gasteiger partial charge is 0.374 e. The highest BCUT2D eigenvalue weighted by atomic mass is 16.5. The molecule has 23 heavy (non-hydrogen) atoms. The number of nitrogens with zero attached hydrogens (tertiary/aromatic N) is 2. The van der Waals surface area contributed by atoms with Gasteiger partial charge in [-0.05, 0) is 50.6 Å². The molecule has 1 atom stereocenters. The van der Waals surface area contributed by atoms with Crippen LogP contribution in [0.25, 0.3) is 0 Å². The predicted molar refractivity (Wildman–Crippen MR) is 93.8 cm³/mol. The molecular formula is C19H30N2O2. The quantitative estimate of drug-likeness (QED) is 0.808. The molecule has 1 aliphatic heterocycles. The Hall–Kier alpha value is -1.39. The Kier molecular flexibility index (Phi) is 6.60. The first-order chi connectivity index (χ1) is 11.0. The standard InChI is InChI=1S/C19H30N2O2/c1-15(2)13-16-5-7-17(8-6-16)19(22)21-11-12-23-18(14-21)9-10-20(3)4/h5-8,15,18H,9-14H2,1-4H3/t18-/m0/s1. The van der Waals surface area contributed by atoms with Crippen LogP contribution in [0.5, 0.6) is 0 Å². The summed E-state index contributed by atoms with van der Waals surface area (Å²) in [5.74, 6) is 0.757. The van der Waals surface area contributed by atoms with E-state index in [1.807, 2.05) is 17.0 Å². The maximum absolute atomic E-state index is 12.7. The molecule has 4 heteroatoms. The van der Waals surface area contributed by atoms with Gasteiger partial charge in [0, 0.05) is 25.2 Å². The van der Waals surface area contributed by atoms with Crippen LogP contribution in [0.3, 0.4) is 0 Å². The Morgan fingerprint density at radius 2 is 2.00 bits per heavy atom. The van der Waals surface area contributed by atoms with Crippen molar-refractivity contribution >= 4 is 5.91 Å². The van der Waals surface area contributed by atoms with Crippen LogP contribution < -0.4 is 0 Å². The van der Waals surface area contributed by atoms with Crippen LogP contribution in [0.1, 0.15) is 36.2 Å². The van der Waals surface area contributed by atoms with E-state index >= 15 is 0 Å². The van der Waals surface area contributed by atoms with Gasteiger partial charge in [0.05, 0.1) is 12.7 Å². The molecule has 1 aliphatic rings. The molecule has 0 unspecified atom stereocenters. The summed E-state index contributed by atoms with van der Waals surface area (Å²) in [5.41, 5.74) is 2.08. The molecular weight excluding hydrogens is 288 g/mol. The van der Waals surface area contributed by atoms with Crippen LogP contribution in [0, 0.1) is 5.92 Å². The number of carbonyl (C=O) groups is 1. The zero-order valence-corrected chi connectivity index (χ0v) is 14.9. The molecule has 1 heterocycles. The zero-order chi connectivity index (χ0) is 16.8. The Labute approximate surface area is 140 Å². The fourth-order valence-corrected chi connectivity index (χ4v) is 2.92. The summed E-state index contributed by atoms with van der Waals surface area (Å²) in [7, 11) is 4.12. The van der Waals surface area contributed by atoms with E-state index < -0.39 is 0 Å². The van der Waals surface area contributed by atoms with Gasteiger partial charge in [0.15, 0.2) is 0 Å². The fraction of sp³-hybridized carbons (Fsp3) is 0.632. The van der Waals surface area contributed by atoms with Crippen molar-refractivity contribution in [3.8, 4) is 0 Å². The molecule has 1 aromatic rings. The Morgan fingerprint density at radius 3 is 2.61 bits per heavy atom. The van der Waals surface area contributed by atoms with Gasteiger partial charge in [-0.1, -0.05) is 26.0 Å². The van der Waals surface area contributed by atoms with Gasteiger partial charge >= 0.3 is 0 Å². The first-order valence-electron chi connectivity index (χ1n) is 8.60. The second-order valence-corrected chi connectivity index (χ2v) is 7.13. The molecule has 1 saturated heterocycles. The molecule has 0 N–H and O–H groups in total. The lowest BCUT2D eigenvalue weighted by molar-refractivity contribution is -0.0269. The van der Waals surface area contributed by atoms with Crippen molar-refractivity contribution in [1.82, 2.24) is 9.80 Å². The van der Waals surface area contributed by atoms with Crippen molar-refractivity contribution < 1.29 is 9.53 Å². The SMILES string of the molecule is CC(C)Cc1ccc(C(=O)N2CCO[C@@H](CCN(C)C)C2)cc1. The molecule has 0 bridgehead atoms. The summed E-state index contributed by atoms with van der Waals surface area (Å²) in [6.07, 6.45) is 2.17. The van der Waals surface area contributed by atoms with E-state index in [-0.39, 0.29) is 12.0 Å². The maximum Gasteiger partial charge on any atom is 0.254 e. The van der Waals surface area contributed by atoms with Crippen LogP contribution in [-0.2, 0) is 11.2 Å². The smallest absolute Gasteiger partial charge is 0.254 e. The van der Waals surface area contributed by atoms with E-state index in [1.165, 1.54) is 5.56 Å². The molecule has 128 valence electrons.